The number of anilines is 1. The summed E-state index contributed by atoms with van der Waals surface area (Å²) in [5.74, 6) is -0.482. The number of rotatable bonds is 2. The molecular formula is C9H5ClF3N3O2S. The molecule has 0 fully saturated rings. The molecule has 0 spiro atoms. The molecule has 0 bridgehead atoms. The minimum Gasteiger partial charge on any atom is -0.259 e. The van der Waals surface area contributed by atoms with Gasteiger partial charge in [0.05, 0.1) is 5.52 Å². The fraction of sp³-hybridized carbons (Fsp3) is 0.111. The lowest BCUT2D eigenvalue weighted by Crippen LogP contribution is -2.30. The van der Waals surface area contributed by atoms with Gasteiger partial charge in [-0.15, -0.1) is 0 Å². The van der Waals surface area contributed by atoms with Crippen LogP contribution in [0.2, 0.25) is 5.02 Å². The number of halogens is 4. The van der Waals surface area contributed by atoms with E-state index in [2.05, 4.69) is 9.97 Å². The van der Waals surface area contributed by atoms with Crippen LogP contribution in [-0.2, 0) is 10.0 Å². The van der Waals surface area contributed by atoms with Gasteiger partial charge in [-0.25, -0.2) is 9.97 Å². The van der Waals surface area contributed by atoms with Crippen LogP contribution in [0.1, 0.15) is 0 Å². The van der Waals surface area contributed by atoms with E-state index in [1.54, 1.807) is 0 Å². The van der Waals surface area contributed by atoms with Crippen molar-refractivity contribution in [2.75, 3.05) is 4.72 Å². The highest BCUT2D eigenvalue weighted by Crippen LogP contribution is 2.28. The minimum absolute atomic E-state index is 0.0721. The van der Waals surface area contributed by atoms with Gasteiger partial charge in [0.15, 0.2) is 5.82 Å². The predicted molar refractivity (Wildman–Crippen MR) is 63.1 cm³/mol. The first-order valence-electron chi connectivity index (χ1n) is 4.70. The fourth-order valence-electron chi connectivity index (χ4n) is 1.30. The maximum absolute atomic E-state index is 12.3. The van der Waals surface area contributed by atoms with Crippen LogP contribution in [0.15, 0.2) is 24.5 Å². The average Bonchev–Trinajstić information content (AvgIpc) is 2.28. The first-order valence-corrected chi connectivity index (χ1v) is 6.56. The van der Waals surface area contributed by atoms with E-state index in [0.717, 1.165) is 6.33 Å². The molecule has 1 N–H and O–H groups in total. The van der Waals surface area contributed by atoms with Gasteiger partial charge in [-0.05, 0) is 18.2 Å². The van der Waals surface area contributed by atoms with Crippen molar-refractivity contribution in [3.05, 3.63) is 29.5 Å². The number of nitrogens with one attached hydrogen (secondary N) is 1. The second-order valence-corrected chi connectivity index (χ2v) is 5.55. The number of hydrogen-bond donors (Lipinski definition) is 1. The SMILES string of the molecule is O=S(=O)(Nc1ncnc2ccc(Cl)cc12)C(F)(F)F. The van der Waals surface area contributed by atoms with Gasteiger partial charge in [-0.1, -0.05) is 11.6 Å². The Hall–Kier alpha value is -1.61. The van der Waals surface area contributed by atoms with Gasteiger partial charge in [0.25, 0.3) is 0 Å². The van der Waals surface area contributed by atoms with Crippen molar-refractivity contribution in [3.63, 3.8) is 0 Å². The van der Waals surface area contributed by atoms with Crippen molar-refractivity contribution in [1.82, 2.24) is 9.97 Å². The molecule has 0 radical (unpaired) electrons. The maximum atomic E-state index is 12.3. The van der Waals surface area contributed by atoms with E-state index in [1.165, 1.54) is 22.9 Å². The summed E-state index contributed by atoms with van der Waals surface area (Å²) in [4.78, 5) is 7.28. The van der Waals surface area contributed by atoms with Gasteiger partial charge < -0.3 is 0 Å². The Morgan fingerprint density at radius 1 is 1.21 bits per heavy atom. The second kappa shape index (κ2) is 4.49. The number of hydrogen-bond acceptors (Lipinski definition) is 4. The van der Waals surface area contributed by atoms with Gasteiger partial charge in [0.1, 0.15) is 6.33 Å². The van der Waals surface area contributed by atoms with E-state index < -0.39 is 21.3 Å². The van der Waals surface area contributed by atoms with Crippen molar-refractivity contribution in [2.24, 2.45) is 0 Å². The lowest BCUT2D eigenvalue weighted by molar-refractivity contribution is -0.0429. The molecule has 1 aromatic carbocycles. The van der Waals surface area contributed by atoms with E-state index in [-0.39, 0.29) is 15.9 Å². The molecule has 0 aliphatic rings. The Balaban J connectivity index is 2.56. The quantitative estimate of drug-likeness (QED) is 0.925. The van der Waals surface area contributed by atoms with Crippen LogP contribution in [0, 0.1) is 0 Å². The Labute approximate surface area is 110 Å². The van der Waals surface area contributed by atoms with Crippen LogP contribution < -0.4 is 4.72 Å². The molecule has 2 aromatic rings. The van der Waals surface area contributed by atoms with Gasteiger partial charge in [-0.2, -0.15) is 21.6 Å². The first-order chi connectivity index (χ1) is 8.71. The number of benzene rings is 1. The molecule has 0 amide bonds. The van der Waals surface area contributed by atoms with Crippen molar-refractivity contribution in [1.29, 1.82) is 0 Å². The molecule has 102 valence electrons. The minimum atomic E-state index is -5.54. The predicted octanol–water partition coefficient (Wildman–Crippen LogP) is 2.54. The van der Waals surface area contributed by atoms with Crippen LogP contribution in [0.5, 0.6) is 0 Å². The lowest BCUT2D eigenvalue weighted by Gasteiger charge is -2.11. The topological polar surface area (TPSA) is 72.0 Å². The number of alkyl halides is 3. The van der Waals surface area contributed by atoms with E-state index in [0.29, 0.717) is 0 Å². The van der Waals surface area contributed by atoms with Gasteiger partial charge in [-0.3, -0.25) is 4.72 Å². The van der Waals surface area contributed by atoms with Gasteiger partial charge >= 0.3 is 15.5 Å². The van der Waals surface area contributed by atoms with Crippen LogP contribution in [-0.4, -0.2) is 23.9 Å². The number of fused-ring (bicyclic) bond motifs is 1. The maximum Gasteiger partial charge on any atom is 0.516 e. The molecule has 0 atom stereocenters. The molecule has 5 nitrogen and oxygen atoms in total. The van der Waals surface area contributed by atoms with Crippen LogP contribution in [0.25, 0.3) is 10.9 Å². The molecule has 0 saturated carbocycles. The standard InChI is InChI=1S/C9H5ClF3N3O2S/c10-5-1-2-7-6(3-5)8(15-4-14-7)16-19(17,18)9(11,12)13/h1-4H,(H,14,15,16). The van der Waals surface area contributed by atoms with Crippen molar-refractivity contribution in [2.45, 2.75) is 5.51 Å². The summed E-state index contributed by atoms with van der Waals surface area (Å²) in [6, 6.07) is 4.18. The zero-order valence-corrected chi connectivity index (χ0v) is 10.5. The Kier molecular flexibility index (Phi) is 3.27. The number of sulfonamides is 1. The summed E-state index contributed by atoms with van der Waals surface area (Å²) < 4.78 is 60.2. The Morgan fingerprint density at radius 2 is 1.89 bits per heavy atom. The van der Waals surface area contributed by atoms with Crippen molar-refractivity contribution < 1.29 is 21.6 Å². The summed E-state index contributed by atoms with van der Waals surface area (Å²) in [5, 5.41) is 0.289. The largest absolute Gasteiger partial charge is 0.516 e. The third kappa shape index (κ3) is 2.71. The molecule has 1 aromatic heterocycles. The average molecular weight is 312 g/mol. The molecule has 0 aliphatic heterocycles. The Bertz CT molecular complexity index is 733. The van der Waals surface area contributed by atoms with E-state index in [1.807, 2.05) is 0 Å². The van der Waals surface area contributed by atoms with E-state index in [4.69, 9.17) is 11.6 Å². The molecule has 1 heterocycles. The highest BCUT2D eigenvalue weighted by atomic mass is 35.5. The highest BCUT2D eigenvalue weighted by molar-refractivity contribution is 7.93. The zero-order valence-electron chi connectivity index (χ0n) is 8.94. The van der Waals surface area contributed by atoms with E-state index in [9.17, 15) is 21.6 Å². The highest BCUT2D eigenvalue weighted by Gasteiger charge is 2.46. The van der Waals surface area contributed by atoms with E-state index >= 15 is 0 Å². The smallest absolute Gasteiger partial charge is 0.259 e. The van der Waals surface area contributed by atoms with Crippen LogP contribution >= 0.6 is 11.6 Å². The molecule has 2 rings (SSSR count). The molecule has 0 unspecified atom stereocenters. The summed E-state index contributed by atoms with van der Waals surface area (Å²) >= 11 is 5.70. The Morgan fingerprint density at radius 3 is 2.53 bits per heavy atom. The summed E-state index contributed by atoms with van der Waals surface area (Å²) in [6.45, 7) is 0. The summed E-state index contributed by atoms with van der Waals surface area (Å²) in [5.41, 5.74) is -5.16. The number of aromatic nitrogens is 2. The lowest BCUT2D eigenvalue weighted by atomic mass is 10.2. The monoisotopic (exact) mass is 311 g/mol. The van der Waals surface area contributed by atoms with Crippen molar-refractivity contribution in [3.8, 4) is 0 Å². The van der Waals surface area contributed by atoms with Crippen LogP contribution in [0.3, 0.4) is 0 Å². The molecular weight excluding hydrogens is 307 g/mol. The summed E-state index contributed by atoms with van der Waals surface area (Å²) in [7, 11) is -5.54. The van der Waals surface area contributed by atoms with Gasteiger partial charge in [0.2, 0.25) is 0 Å². The molecule has 0 aliphatic carbocycles. The molecule has 0 saturated heterocycles. The molecule has 19 heavy (non-hydrogen) atoms. The van der Waals surface area contributed by atoms with Crippen molar-refractivity contribution >= 4 is 38.3 Å². The number of nitrogens with zero attached hydrogens (tertiary/aromatic N) is 2. The van der Waals surface area contributed by atoms with Gasteiger partial charge in [0, 0.05) is 10.4 Å². The van der Waals surface area contributed by atoms with Crippen LogP contribution in [0.4, 0.5) is 19.0 Å². The first kappa shape index (κ1) is 13.8. The fourth-order valence-corrected chi connectivity index (χ4v) is 2.00. The third-order valence-electron chi connectivity index (χ3n) is 2.13. The normalized spacial score (nSPS) is 12.6. The zero-order chi connectivity index (χ0) is 14.3. The molecule has 10 heteroatoms. The second-order valence-electron chi connectivity index (χ2n) is 3.43. The third-order valence-corrected chi connectivity index (χ3v) is 3.44. The summed E-state index contributed by atoms with van der Waals surface area (Å²) in [6.07, 6.45) is 0.949.